The molecule has 0 spiro atoms. The van der Waals surface area contributed by atoms with Crippen LogP contribution in [0.4, 0.5) is 0 Å². The second-order valence-corrected chi connectivity index (χ2v) is 4.69. The van der Waals surface area contributed by atoms with E-state index in [4.69, 9.17) is 4.74 Å². The number of hydrogen-bond donors (Lipinski definition) is 0. The summed E-state index contributed by atoms with van der Waals surface area (Å²) in [6.45, 7) is 0. The fraction of sp³-hybridized carbons (Fsp3) is 0.0714. The minimum Gasteiger partial charge on any atom is -0.497 e. The number of ether oxygens (including phenoxy) is 1. The number of halogens is 1. The lowest BCUT2D eigenvalue weighted by Crippen LogP contribution is -2.14. The van der Waals surface area contributed by atoms with Gasteiger partial charge in [0.05, 0.1) is 7.11 Å². The third-order valence-corrected chi connectivity index (χ3v) is 2.96. The van der Waals surface area contributed by atoms with Crippen molar-refractivity contribution in [2.24, 2.45) is 0 Å². The van der Waals surface area contributed by atoms with Gasteiger partial charge in [-0.05, 0) is 46.3 Å². The highest BCUT2D eigenvalue weighted by Crippen LogP contribution is 2.15. The van der Waals surface area contributed by atoms with Crippen molar-refractivity contribution in [1.82, 2.24) is 4.98 Å². The monoisotopic (exact) mass is 319 g/mol. The van der Waals surface area contributed by atoms with Gasteiger partial charge in [-0.25, -0.2) is 0 Å². The Kier molecular flexibility index (Phi) is 4.06. The van der Waals surface area contributed by atoms with Crippen molar-refractivity contribution in [3.8, 4) is 5.75 Å². The number of Topliss-reactive ketones (excluding diaryl/α,β-unsaturated/α-hetero) is 2. The molecule has 0 radical (unpaired) electrons. The molecule has 0 aliphatic rings. The first-order valence-corrected chi connectivity index (χ1v) is 6.25. The van der Waals surface area contributed by atoms with E-state index < -0.39 is 11.6 Å². The summed E-state index contributed by atoms with van der Waals surface area (Å²) >= 11 is 3.21. The summed E-state index contributed by atoms with van der Waals surface area (Å²) in [6.07, 6.45) is 2.92. The average Bonchev–Trinajstić information content (AvgIpc) is 2.46. The van der Waals surface area contributed by atoms with Crippen molar-refractivity contribution in [1.29, 1.82) is 0 Å². The number of rotatable bonds is 4. The molecule has 0 atom stereocenters. The predicted molar refractivity (Wildman–Crippen MR) is 73.6 cm³/mol. The lowest BCUT2D eigenvalue weighted by Gasteiger charge is -2.03. The molecule has 0 amide bonds. The summed E-state index contributed by atoms with van der Waals surface area (Å²) in [5.41, 5.74) is 0.584. The number of carbonyl (C=O) groups excluding carboxylic acids is 2. The minimum atomic E-state index is -0.584. The molecular weight excluding hydrogens is 310 g/mol. The van der Waals surface area contributed by atoms with Crippen LogP contribution >= 0.6 is 15.9 Å². The number of pyridine rings is 1. The van der Waals surface area contributed by atoms with Crippen LogP contribution in [0.15, 0.2) is 47.2 Å². The molecule has 5 heteroatoms. The van der Waals surface area contributed by atoms with Crippen LogP contribution < -0.4 is 4.74 Å². The fourth-order valence-corrected chi connectivity index (χ4v) is 1.91. The molecule has 0 unspecified atom stereocenters. The van der Waals surface area contributed by atoms with Crippen molar-refractivity contribution in [3.63, 3.8) is 0 Å². The van der Waals surface area contributed by atoms with E-state index in [1.54, 1.807) is 36.5 Å². The predicted octanol–water partition coefficient (Wildman–Crippen LogP) is 2.92. The van der Waals surface area contributed by atoms with Gasteiger partial charge in [0, 0.05) is 28.0 Å². The second-order valence-electron chi connectivity index (χ2n) is 3.78. The molecule has 0 aliphatic carbocycles. The summed E-state index contributed by atoms with van der Waals surface area (Å²) in [5.74, 6) is -0.519. The molecule has 96 valence electrons. The molecule has 4 nitrogen and oxygen atoms in total. The van der Waals surface area contributed by atoms with Gasteiger partial charge in [-0.2, -0.15) is 0 Å². The van der Waals surface area contributed by atoms with E-state index in [1.165, 1.54) is 13.3 Å². The first-order chi connectivity index (χ1) is 9.11. The standard InChI is InChI=1S/C14H10BrNO3/c1-19-12-4-2-9(3-5-12)13(17)14(18)10-6-11(15)8-16-7-10/h2-8H,1H3. The van der Waals surface area contributed by atoms with Crippen LogP contribution in [0.3, 0.4) is 0 Å². The van der Waals surface area contributed by atoms with Crippen LogP contribution in [0.25, 0.3) is 0 Å². The molecule has 1 aromatic carbocycles. The van der Waals surface area contributed by atoms with Crippen LogP contribution in [-0.4, -0.2) is 23.7 Å². The Hall–Kier alpha value is -2.01. The number of hydrogen-bond acceptors (Lipinski definition) is 4. The molecule has 0 aliphatic heterocycles. The highest BCUT2D eigenvalue weighted by Gasteiger charge is 2.18. The molecule has 0 N–H and O–H groups in total. The summed E-state index contributed by atoms with van der Waals surface area (Å²) in [4.78, 5) is 27.9. The Morgan fingerprint density at radius 3 is 2.26 bits per heavy atom. The van der Waals surface area contributed by atoms with Gasteiger partial charge in [0.25, 0.3) is 0 Å². The van der Waals surface area contributed by atoms with Gasteiger partial charge in [-0.15, -0.1) is 0 Å². The third-order valence-electron chi connectivity index (χ3n) is 2.53. The lowest BCUT2D eigenvalue weighted by atomic mass is 10.0. The van der Waals surface area contributed by atoms with E-state index in [0.29, 0.717) is 15.8 Å². The van der Waals surface area contributed by atoms with E-state index in [9.17, 15) is 9.59 Å². The summed E-state index contributed by atoms with van der Waals surface area (Å²) < 4.78 is 5.65. The highest BCUT2D eigenvalue weighted by atomic mass is 79.9. The highest BCUT2D eigenvalue weighted by molar-refractivity contribution is 9.10. The average molecular weight is 320 g/mol. The molecule has 0 saturated carbocycles. The molecule has 2 aromatic rings. The summed E-state index contributed by atoms with van der Waals surface area (Å²) in [7, 11) is 1.54. The Bertz CT molecular complexity index is 623. The Labute approximate surface area is 118 Å². The molecule has 1 heterocycles. The van der Waals surface area contributed by atoms with Crippen LogP contribution in [0.2, 0.25) is 0 Å². The first-order valence-electron chi connectivity index (χ1n) is 5.45. The largest absolute Gasteiger partial charge is 0.497 e. The Morgan fingerprint density at radius 1 is 1.05 bits per heavy atom. The van der Waals surface area contributed by atoms with E-state index in [1.807, 2.05) is 0 Å². The quantitative estimate of drug-likeness (QED) is 0.642. The number of methoxy groups -OCH3 is 1. The maximum Gasteiger partial charge on any atom is 0.235 e. The number of benzene rings is 1. The smallest absolute Gasteiger partial charge is 0.235 e. The summed E-state index contributed by atoms with van der Waals surface area (Å²) in [6, 6.07) is 7.96. The zero-order valence-corrected chi connectivity index (χ0v) is 11.7. The zero-order chi connectivity index (χ0) is 13.8. The van der Waals surface area contributed by atoms with Crippen molar-refractivity contribution in [2.75, 3.05) is 7.11 Å². The van der Waals surface area contributed by atoms with Gasteiger partial charge in [0.15, 0.2) is 0 Å². The molecule has 0 saturated heterocycles. The maximum atomic E-state index is 12.0. The molecule has 2 rings (SSSR count). The van der Waals surface area contributed by atoms with Crippen molar-refractivity contribution in [3.05, 3.63) is 58.3 Å². The zero-order valence-electron chi connectivity index (χ0n) is 10.1. The minimum absolute atomic E-state index is 0.259. The van der Waals surface area contributed by atoms with Gasteiger partial charge >= 0.3 is 0 Å². The van der Waals surface area contributed by atoms with Crippen molar-refractivity contribution >= 4 is 27.5 Å². The fourth-order valence-electron chi connectivity index (χ4n) is 1.54. The number of aromatic nitrogens is 1. The van der Waals surface area contributed by atoms with Crippen LogP contribution in [0.1, 0.15) is 20.7 Å². The van der Waals surface area contributed by atoms with Gasteiger partial charge in [-0.1, -0.05) is 0 Å². The van der Waals surface area contributed by atoms with Gasteiger partial charge in [0.1, 0.15) is 5.75 Å². The van der Waals surface area contributed by atoms with Gasteiger partial charge < -0.3 is 4.74 Å². The topological polar surface area (TPSA) is 56.3 Å². The third kappa shape index (κ3) is 3.06. The Morgan fingerprint density at radius 2 is 1.68 bits per heavy atom. The SMILES string of the molecule is COc1ccc(C(=O)C(=O)c2cncc(Br)c2)cc1. The number of carbonyl (C=O) groups is 2. The lowest BCUT2D eigenvalue weighted by molar-refractivity contribution is 0.0816. The van der Waals surface area contributed by atoms with Crippen molar-refractivity contribution < 1.29 is 14.3 Å². The maximum absolute atomic E-state index is 12.0. The van der Waals surface area contributed by atoms with Crippen molar-refractivity contribution in [2.45, 2.75) is 0 Å². The van der Waals surface area contributed by atoms with E-state index >= 15 is 0 Å². The van der Waals surface area contributed by atoms with Gasteiger partial charge in [-0.3, -0.25) is 14.6 Å². The van der Waals surface area contributed by atoms with E-state index in [-0.39, 0.29) is 5.56 Å². The summed E-state index contributed by atoms with van der Waals surface area (Å²) in [5, 5.41) is 0. The van der Waals surface area contributed by atoms with Crippen LogP contribution in [0.5, 0.6) is 5.75 Å². The molecule has 0 bridgehead atoms. The Balaban J connectivity index is 2.25. The second kappa shape index (κ2) is 5.75. The number of ketones is 2. The number of nitrogens with zero attached hydrogens (tertiary/aromatic N) is 1. The molecule has 19 heavy (non-hydrogen) atoms. The van der Waals surface area contributed by atoms with E-state index in [2.05, 4.69) is 20.9 Å². The first kappa shape index (κ1) is 13.4. The van der Waals surface area contributed by atoms with E-state index in [0.717, 1.165) is 0 Å². The normalized spacial score (nSPS) is 10.0. The van der Waals surface area contributed by atoms with Crippen LogP contribution in [0, 0.1) is 0 Å². The van der Waals surface area contributed by atoms with Crippen LogP contribution in [-0.2, 0) is 0 Å². The molecule has 0 fully saturated rings. The molecule has 1 aromatic heterocycles. The molecular formula is C14H10BrNO3. The van der Waals surface area contributed by atoms with Gasteiger partial charge in [0.2, 0.25) is 11.6 Å².